The Balaban J connectivity index is 4.37. The van der Waals surface area contributed by atoms with E-state index in [9.17, 15) is 19.4 Å². The number of nitrogens with one attached hydrogen (secondary N) is 1. The van der Waals surface area contributed by atoms with Crippen LogP contribution in [0.25, 0.3) is 0 Å². The molecule has 0 saturated carbocycles. The second-order valence-corrected chi connectivity index (χ2v) is 19.3. The number of aliphatic hydroxyl groups is 1. The monoisotopic (exact) mass is 828 g/mol. The van der Waals surface area contributed by atoms with Crippen LogP contribution in [0.1, 0.15) is 226 Å². The normalized spacial score (nSPS) is 14.4. The quantitative estimate of drug-likeness (QED) is 0.0244. The lowest BCUT2D eigenvalue weighted by atomic mass is 10.0. The molecule has 1 unspecified atom stereocenters. The fourth-order valence-corrected chi connectivity index (χ4v) is 7.79. The van der Waals surface area contributed by atoms with E-state index in [1.165, 1.54) is 167 Å². The Hall–Kier alpha value is -1.02. The molecule has 0 spiro atoms. The molecular weight excluding hydrogens is 732 g/mol. The first-order valence-corrected chi connectivity index (χ1v) is 25.7. The Bertz CT molecular complexity index is 984. The highest BCUT2D eigenvalue weighted by Crippen LogP contribution is 2.43. The van der Waals surface area contributed by atoms with Gasteiger partial charge in [-0.15, -0.1) is 0 Å². The Morgan fingerprint density at radius 1 is 0.579 bits per heavy atom. The number of hydrogen-bond acceptors (Lipinski definition) is 5. The number of quaternary nitrogens is 1. The fraction of sp³-hybridized carbons (Fsp3) is 0.896. The average Bonchev–Trinajstić information content (AvgIpc) is 3.16. The number of phosphoric acid groups is 1. The second-order valence-electron chi connectivity index (χ2n) is 17.8. The van der Waals surface area contributed by atoms with E-state index in [1.807, 2.05) is 27.2 Å². The predicted octanol–water partition coefficient (Wildman–Crippen LogP) is 13.7. The van der Waals surface area contributed by atoms with Gasteiger partial charge in [0, 0.05) is 6.42 Å². The molecule has 0 saturated heterocycles. The van der Waals surface area contributed by atoms with Gasteiger partial charge in [0.2, 0.25) is 5.91 Å². The van der Waals surface area contributed by atoms with Crippen molar-refractivity contribution in [3.63, 3.8) is 0 Å². The number of amides is 1. The van der Waals surface area contributed by atoms with E-state index in [1.54, 1.807) is 6.08 Å². The van der Waals surface area contributed by atoms with E-state index in [0.717, 1.165) is 38.5 Å². The lowest BCUT2D eigenvalue weighted by molar-refractivity contribution is -0.870. The van der Waals surface area contributed by atoms with E-state index >= 15 is 0 Å². The summed E-state index contributed by atoms with van der Waals surface area (Å²) >= 11 is 0. The summed E-state index contributed by atoms with van der Waals surface area (Å²) in [5.41, 5.74) is 0. The van der Waals surface area contributed by atoms with Crippen LogP contribution in [0, 0.1) is 0 Å². The molecule has 9 heteroatoms. The molecule has 3 N–H and O–H groups in total. The van der Waals surface area contributed by atoms with Crippen LogP contribution >= 0.6 is 7.82 Å². The second kappa shape index (κ2) is 40.4. The van der Waals surface area contributed by atoms with Crippen LogP contribution in [0.3, 0.4) is 0 Å². The summed E-state index contributed by atoms with van der Waals surface area (Å²) in [6, 6.07) is -0.858. The van der Waals surface area contributed by atoms with Crippen molar-refractivity contribution < 1.29 is 32.9 Å². The van der Waals surface area contributed by atoms with Gasteiger partial charge in [-0.25, -0.2) is 4.57 Å². The van der Waals surface area contributed by atoms with Crippen LogP contribution in [0.2, 0.25) is 0 Å². The molecular formula is C48H96N2O6P+. The highest BCUT2D eigenvalue weighted by molar-refractivity contribution is 7.47. The number of carbonyl (C=O) groups is 1. The summed E-state index contributed by atoms with van der Waals surface area (Å²) in [7, 11) is 1.56. The van der Waals surface area contributed by atoms with Crippen LogP contribution in [0.5, 0.6) is 0 Å². The molecule has 0 fully saturated rings. The first-order valence-electron chi connectivity index (χ1n) is 24.2. The van der Waals surface area contributed by atoms with Gasteiger partial charge < -0.3 is 19.8 Å². The molecule has 0 radical (unpaired) electrons. The number of rotatable bonds is 44. The zero-order chi connectivity index (χ0) is 42.1. The largest absolute Gasteiger partial charge is 0.472 e. The molecule has 8 nitrogen and oxygen atoms in total. The third-order valence-corrected chi connectivity index (χ3v) is 11.9. The Morgan fingerprint density at radius 3 is 1.40 bits per heavy atom. The number of hydrogen-bond donors (Lipinski definition) is 3. The van der Waals surface area contributed by atoms with Crippen molar-refractivity contribution in [2.24, 2.45) is 0 Å². The Kier molecular flexibility index (Phi) is 39.7. The zero-order valence-corrected chi connectivity index (χ0v) is 39.2. The zero-order valence-electron chi connectivity index (χ0n) is 38.3. The van der Waals surface area contributed by atoms with E-state index in [0.29, 0.717) is 17.4 Å². The van der Waals surface area contributed by atoms with Gasteiger partial charge in [-0.3, -0.25) is 13.8 Å². The lowest BCUT2D eigenvalue weighted by Gasteiger charge is -2.25. The highest BCUT2D eigenvalue weighted by atomic mass is 31.2. The minimum atomic E-state index is -4.34. The van der Waals surface area contributed by atoms with E-state index in [2.05, 4.69) is 31.3 Å². The van der Waals surface area contributed by atoms with Crippen molar-refractivity contribution in [1.82, 2.24) is 5.32 Å². The SMILES string of the molecule is CCCCCCCCCCCC/C=C/CC/C=C/[C@@H](O)[C@H](COP(=O)(O)OCC[N+](C)(C)C)NC(=O)CCCCCCCCCCCCCCCCCCCCC. The summed E-state index contributed by atoms with van der Waals surface area (Å²) in [6.45, 7) is 4.81. The average molecular weight is 828 g/mol. The third kappa shape index (κ3) is 42.9. The highest BCUT2D eigenvalue weighted by Gasteiger charge is 2.27. The molecule has 0 bridgehead atoms. The van der Waals surface area contributed by atoms with E-state index in [4.69, 9.17) is 9.05 Å². The van der Waals surface area contributed by atoms with Gasteiger partial charge in [0.1, 0.15) is 13.2 Å². The minimum Gasteiger partial charge on any atom is -0.387 e. The summed E-state index contributed by atoms with van der Waals surface area (Å²) in [5, 5.41) is 13.8. The minimum absolute atomic E-state index is 0.0584. The van der Waals surface area contributed by atoms with Crippen LogP contribution < -0.4 is 5.32 Å². The van der Waals surface area contributed by atoms with Gasteiger partial charge >= 0.3 is 7.82 Å². The number of phosphoric ester groups is 1. The van der Waals surface area contributed by atoms with E-state index < -0.39 is 20.0 Å². The number of allylic oxidation sites excluding steroid dienone is 3. The molecule has 0 aromatic carbocycles. The van der Waals surface area contributed by atoms with Crippen LogP contribution in [-0.2, 0) is 18.4 Å². The molecule has 0 aliphatic carbocycles. The van der Waals surface area contributed by atoms with Gasteiger partial charge in [-0.1, -0.05) is 212 Å². The molecule has 0 rings (SSSR count). The topological polar surface area (TPSA) is 105 Å². The maximum absolute atomic E-state index is 12.9. The maximum Gasteiger partial charge on any atom is 0.472 e. The molecule has 0 aliphatic heterocycles. The molecule has 0 aliphatic rings. The van der Waals surface area contributed by atoms with Gasteiger partial charge in [-0.2, -0.15) is 0 Å². The maximum atomic E-state index is 12.9. The summed E-state index contributed by atoms with van der Waals surface area (Å²) in [5.74, 6) is -0.184. The van der Waals surface area contributed by atoms with Gasteiger partial charge in [0.25, 0.3) is 0 Å². The standard InChI is InChI=1S/C48H95N2O6P/c1-6-8-10-12-14-16-18-20-22-24-25-26-28-30-32-34-36-38-40-42-48(52)49-46(45-56-57(53,54)55-44-43-50(3,4)5)47(51)41-39-37-35-33-31-29-27-23-21-19-17-15-13-11-9-7-2/h31,33,39,41,46-47,51H,6-30,32,34-38,40,42-45H2,1-5H3,(H-,49,52,53,54)/p+1/b33-31+,41-39+/t46-,47+/m0/s1. The molecule has 0 aromatic heterocycles. The van der Waals surface area contributed by atoms with Crippen molar-refractivity contribution in [3.05, 3.63) is 24.3 Å². The van der Waals surface area contributed by atoms with Gasteiger partial charge in [0.05, 0.1) is 39.9 Å². The number of aliphatic hydroxyl groups excluding tert-OH is 1. The van der Waals surface area contributed by atoms with Crippen molar-refractivity contribution >= 4 is 13.7 Å². The first kappa shape index (κ1) is 56.0. The number of carbonyl (C=O) groups excluding carboxylic acids is 1. The number of likely N-dealkylation sites (N-methyl/N-ethyl adjacent to an activating group) is 1. The summed E-state index contributed by atoms with van der Waals surface area (Å²) < 4.78 is 23.6. The van der Waals surface area contributed by atoms with E-state index in [-0.39, 0.29) is 19.1 Å². The fourth-order valence-electron chi connectivity index (χ4n) is 7.06. The van der Waals surface area contributed by atoms with Crippen molar-refractivity contribution in [2.75, 3.05) is 40.9 Å². The molecule has 57 heavy (non-hydrogen) atoms. The third-order valence-electron chi connectivity index (χ3n) is 10.9. The van der Waals surface area contributed by atoms with Crippen LogP contribution in [0.15, 0.2) is 24.3 Å². The lowest BCUT2D eigenvalue weighted by Crippen LogP contribution is -2.45. The van der Waals surface area contributed by atoms with Crippen molar-refractivity contribution in [2.45, 2.75) is 238 Å². The summed E-state index contributed by atoms with van der Waals surface area (Å²) in [6.07, 6.45) is 48.2. The number of unbranched alkanes of at least 4 members (excludes halogenated alkanes) is 29. The molecule has 3 atom stereocenters. The van der Waals surface area contributed by atoms with Crippen molar-refractivity contribution in [3.8, 4) is 0 Å². The smallest absolute Gasteiger partial charge is 0.387 e. The predicted molar refractivity (Wildman–Crippen MR) is 245 cm³/mol. The Labute approximate surface area is 354 Å². The molecule has 0 aromatic rings. The van der Waals surface area contributed by atoms with Crippen LogP contribution in [-0.4, -0.2) is 73.4 Å². The first-order chi connectivity index (χ1) is 27.5. The molecule has 338 valence electrons. The molecule has 1 amide bonds. The van der Waals surface area contributed by atoms with Crippen LogP contribution in [0.4, 0.5) is 0 Å². The Morgan fingerprint density at radius 2 is 0.965 bits per heavy atom. The van der Waals surface area contributed by atoms with Crippen molar-refractivity contribution in [1.29, 1.82) is 0 Å². The van der Waals surface area contributed by atoms with Gasteiger partial charge in [-0.05, 0) is 32.1 Å². The summed E-state index contributed by atoms with van der Waals surface area (Å²) in [4.78, 5) is 23.2. The number of nitrogens with zero attached hydrogens (tertiary/aromatic N) is 1. The molecule has 0 heterocycles. The van der Waals surface area contributed by atoms with Gasteiger partial charge in [0.15, 0.2) is 0 Å².